The Balaban J connectivity index is 2.98. The summed E-state index contributed by atoms with van der Waals surface area (Å²) in [7, 11) is -1.20. The fourth-order valence-electron chi connectivity index (χ4n) is 1.05. The number of rotatable bonds is 5. The lowest BCUT2D eigenvalue weighted by molar-refractivity contribution is 0.194. The van der Waals surface area contributed by atoms with E-state index in [1.165, 1.54) is 26.4 Å². The predicted molar refractivity (Wildman–Crippen MR) is 78.2 cm³/mol. The highest BCUT2D eigenvalue weighted by atomic mass is 35.5. The van der Waals surface area contributed by atoms with Gasteiger partial charge in [0, 0.05) is 14.2 Å². The van der Waals surface area contributed by atoms with Crippen molar-refractivity contribution in [1.82, 2.24) is 0 Å². The fourth-order valence-corrected chi connectivity index (χ4v) is 2.46. The summed E-state index contributed by atoms with van der Waals surface area (Å²) in [6.45, 7) is 0. The summed E-state index contributed by atoms with van der Waals surface area (Å²) in [4.78, 5) is 0. The van der Waals surface area contributed by atoms with Crippen LogP contribution in [-0.2, 0) is 18.1 Å². The largest absolute Gasteiger partial charge is 0.528 e. The first-order valence-corrected chi connectivity index (χ1v) is 7.71. The molecule has 1 aromatic carbocycles. The number of phosphoric acid groups is 1. The molecule has 0 amide bonds. The van der Waals surface area contributed by atoms with Gasteiger partial charge in [-0.1, -0.05) is 46.4 Å². The van der Waals surface area contributed by atoms with Gasteiger partial charge in [-0.2, -0.15) is 0 Å². The quantitative estimate of drug-likeness (QED) is 0.291. The Bertz CT molecular complexity index is 539. The van der Waals surface area contributed by atoms with Gasteiger partial charge in [0.1, 0.15) is 0 Å². The van der Waals surface area contributed by atoms with E-state index in [1.807, 2.05) is 0 Å². The average Bonchev–Trinajstić information content (AvgIpc) is 2.41. The van der Waals surface area contributed by atoms with Crippen LogP contribution in [0.25, 0.3) is 6.08 Å². The van der Waals surface area contributed by atoms with E-state index in [-0.39, 0.29) is 20.1 Å². The lowest BCUT2D eigenvalue weighted by atomic mass is 10.2. The number of phosphoric ester groups is 1. The van der Waals surface area contributed by atoms with Gasteiger partial charge in [0.2, 0.25) is 0 Å². The van der Waals surface area contributed by atoms with Crippen molar-refractivity contribution in [3.8, 4) is 0 Å². The van der Waals surface area contributed by atoms with Gasteiger partial charge in [-0.05, 0) is 17.7 Å². The summed E-state index contributed by atoms with van der Waals surface area (Å²) in [5.41, 5.74) is 0.444. The second-order valence-electron chi connectivity index (χ2n) is 3.11. The zero-order valence-corrected chi connectivity index (χ0v) is 13.7. The minimum Gasteiger partial charge on any atom is -0.412 e. The van der Waals surface area contributed by atoms with E-state index >= 15 is 0 Å². The third-order valence-electron chi connectivity index (χ3n) is 2.02. The molecule has 0 radical (unpaired) electrons. The maximum Gasteiger partial charge on any atom is 0.528 e. The van der Waals surface area contributed by atoms with Crippen molar-refractivity contribution < 1.29 is 18.1 Å². The van der Waals surface area contributed by atoms with Crippen molar-refractivity contribution in [2.24, 2.45) is 0 Å². The minimum absolute atomic E-state index is 0.122. The molecule has 0 atom stereocenters. The summed E-state index contributed by atoms with van der Waals surface area (Å²) >= 11 is 23.5. The first kappa shape index (κ1) is 17.1. The fraction of sp³-hybridized carbons (Fsp3) is 0.200. The molecule has 0 heterocycles. The third-order valence-corrected chi connectivity index (χ3v) is 5.06. The molecule has 0 unspecified atom stereocenters. The van der Waals surface area contributed by atoms with Crippen LogP contribution in [0.1, 0.15) is 5.56 Å². The van der Waals surface area contributed by atoms with Gasteiger partial charge >= 0.3 is 7.82 Å². The molecule has 1 rings (SSSR count). The Morgan fingerprint density at radius 1 is 1.05 bits per heavy atom. The van der Waals surface area contributed by atoms with Gasteiger partial charge in [0.05, 0.1) is 26.4 Å². The molecule has 0 aliphatic carbocycles. The van der Waals surface area contributed by atoms with E-state index in [9.17, 15) is 4.57 Å². The van der Waals surface area contributed by atoms with Gasteiger partial charge in [-0.15, -0.1) is 0 Å². The van der Waals surface area contributed by atoms with Crippen molar-refractivity contribution in [2.75, 3.05) is 14.2 Å². The van der Waals surface area contributed by atoms with Crippen LogP contribution in [0.2, 0.25) is 20.1 Å². The summed E-state index contributed by atoms with van der Waals surface area (Å²) in [5, 5.41) is 0.709. The molecule has 0 fully saturated rings. The molecule has 0 aliphatic rings. The monoisotopic (exact) mass is 364 g/mol. The molecule has 4 nitrogen and oxygen atoms in total. The number of hydrogen-bond acceptors (Lipinski definition) is 4. The molecule has 19 heavy (non-hydrogen) atoms. The average molecular weight is 366 g/mol. The Hall–Kier alpha value is 0.0700. The standard InChI is InChI=1S/C10H9Cl4O4P/c1-16-19(15,17-2)18-4-3-6-5-7(11)9(13)10(14)8(6)12/h3-5H,1-2H3/b4-3-. The summed E-state index contributed by atoms with van der Waals surface area (Å²) in [6, 6.07) is 1.49. The second kappa shape index (κ2) is 7.19. The topological polar surface area (TPSA) is 44.8 Å². The SMILES string of the molecule is COP(=O)(OC)O/C=C\c1cc(Cl)c(Cl)c(Cl)c1Cl. The van der Waals surface area contributed by atoms with E-state index in [1.54, 1.807) is 0 Å². The molecule has 0 saturated heterocycles. The first-order valence-electron chi connectivity index (χ1n) is 4.74. The molecule has 0 saturated carbocycles. The zero-order valence-electron chi connectivity index (χ0n) is 9.82. The van der Waals surface area contributed by atoms with E-state index in [0.29, 0.717) is 5.56 Å². The van der Waals surface area contributed by atoms with Gasteiger partial charge in [0.15, 0.2) is 0 Å². The van der Waals surface area contributed by atoms with E-state index < -0.39 is 7.82 Å². The van der Waals surface area contributed by atoms with Crippen LogP contribution in [0.5, 0.6) is 0 Å². The summed E-state index contributed by atoms with van der Waals surface area (Å²) in [5.74, 6) is 0. The van der Waals surface area contributed by atoms with Crippen LogP contribution < -0.4 is 0 Å². The van der Waals surface area contributed by atoms with Crippen LogP contribution in [0.15, 0.2) is 12.3 Å². The molecular weight excluding hydrogens is 357 g/mol. The molecule has 106 valence electrons. The highest BCUT2D eigenvalue weighted by Crippen LogP contribution is 2.48. The third kappa shape index (κ3) is 4.27. The van der Waals surface area contributed by atoms with Gasteiger partial charge in [0.25, 0.3) is 0 Å². The van der Waals surface area contributed by atoms with Crippen molar-refractivity contribution in [2.45, 2.75) is 0 Å². The minimum atomic E-state index is -3.59. The van der Waals surface area contributed by atoms with Crippen LogP contribution >= 0.6 is 54.2 Å². The van der Waals surface area contributed by atoms with Gasteiger partial charge in [-0.25, -0.2) is 4.57 Å². The molecule has 9 heteroatoms. The normalized spacial score (nSPS) is 12.1. The van der Waals surface area contributed by atoms with Crippen LogP contribution in [-0.4, -0.2) is 14.2 Å². The number of hydrogen-bond donors (Lipinski definition) is 0. The Morgan fingerprint density at radius 3 is 2.16 bits per heavy atom. The van der Waals surface area contributed by atoms with Crippen molar-refractivity contribution in [3.05, 3.63) is 38.0 Å². The van der Waals surface area contributed by atoms with Crippen molar-refractivity contribution in [1.29, 1.82) is 0 Å². The summed E-state index contributed by atoms with van der Waals surface area (Å²) in [6.07, 6.45) is 2.51. The van der Waals surface area contributed by atoms with Crippen LogP contribution in [0.3, 0.4) is 0 Å². The first-order chi connectivity index (χ1) is 8.84. The molecule has 0 aromatic heterocycles. The predicted octanol–water partition coefficient (Wildman–Crippen LogP) is 5.69. The van der Waals surface area contributed by atoms with E-state index in [0.717, 1.165) is 6.26 Å². The van der Waals surface area contributed by atoms with E-state index in [2.05, 4.69) is 9.05 Å². The molecule has 1 aromatic rings. The lowest BCUT2D eigenvalue weighted by Crippen LogP contribution is -1.89. The molecule has 0 bridgehead atoms. The zero-order chi connectivity index (χ0) is 14.6. The van der Waals surface area contributed by atoms with Gasteiger partial charge in [-0.3, -0.25) is 9.05 Å². The highest BCUT2D eigenvalue weighted by Gasteiger charge is 2.22. The Labute approximate surface area is 130 Å². The van der Waals surface area contributed by atoms with Crippen molar-refractivity contribution in [3.63, 3.8) is 0 Å². The van der Waals surface area contributed by atoms with Crippen LogP contribution in [0, 0.1) is 0 Å². The smallest absolute Gasteiger partial charge is 0.412 e. The lowest BCUT2D eigenvalue weighted by Gasteiger charge is -2.11. The Kier molecular flexibility index (Phi) is 6.48. The molecule has 0 spiro atoms. The Morgan fingerprint density at radius 2 is 1.63 bits per heavy atom. The highest BCUT2D eigenvalue weighted by molar-refractivity contribution is 7.48. The maximum absolute atomic E-state index is 11.6. The van der Waals surface area contributed by atoms with Gasteiger partial charge < -0.3 is 4.52 Å². The van der Waals surface area contributed by atoms with Crippen LogP contribution in [0.4, 0.5) is 0 Å². The number of benzene rings is 1. The number of halogens is 4. The van der Waals surface area contributed by atoms with Crippen molar-refractivity contribution >= 4 is 60.3 Å². The maximum atomic E-state index is 11.6. The summed E-state index contributed by atoms with van der Waals surface area (Å²) < 4.78 is 25.6. The van der Waals surface area contributed by atoms with E-state index in [4.69, 9.17) is 50.9 Å². The molecular formula is C10H9Cl4O4P. The second-order valence-corrected chi connectivity index (χ2v) is 6.49. The molecule has 0 N–H and O–H groups in total. The molecule has 0 aliphatic heterocycles.